The number of fused-ring (bicyclic) bond motifs is 1. The fourth-order valence-electron chi connectivity index (χ4n) is 4.51. The largest absolute Gasteiger partial charge is 0.497 e. The Morgan fingerprint density at radius 3 is 2.52 bits per heavy atom. The lowest BCUT2D eigenvalue weighted by Gasteiger charge is -2.26. The van der Waals surface area contributed by atoms with E-state index >= 15 is 0 Å². The Bertz CT molecular complexity index is 1000. The minimum absolute atomic E-state index is 0.0588. The van der Waals surface area contributed by atoms with E-state index in [1.807, 2.05) is 47.4 Å². The second kappa shape index (κ2) is 8.81. The fourth-order valence-corrected chi connectivity index (χ4v) is 4.51. The molecule has 3 unspecified atom stereocenters. The van der Waals surface area contributed by atoms with E-state index in [4.69, 9.17) is 14.2 Å². The molecule has 2 aromatic rings. The molecule has 7 heteroatoms. The molecular weight excluding hydrogens is 398 g/mol. The van der Waals surface area contributed by atoms with E-state index in [0.717, 1.165) is 11.1 Å². The van der Waals surface area contributed by atoms with Crippen molar-refractivity contribution in [3.63, 3.8) is 0 Å². The lowest BCUT2D eigenvalue weighted by atomic mass is 9.82. The molecule has 1 N–H and O–H groups in total. The van der Waals surface area contributed by atoms with E-state index in [-0.39, 0.29) is 25.0 Å². The van der Waals surface area contributed by atoms with Crippen LogP contribution in [0.25, 0.3) is 0 Å². The van der Waals surface area contributed by atoms with Crippen molar-refractivity contribution < 1.29 is 28.9 Å². The maximum absolute atomic E-state index is 12.5. The molecule has 162 valence electrons. The van der Waals surface area contributed by atoms with Gasteiger partial charge in [-0.25, -0.2) is 0 Å². The quantitative estimate of drug-likeness (QED) is 0.683. The second-order valence-corrected chi connectivity index (χ2v) is 7.70. The molecule has 0 aliphatic carbocycles. The molecule has 0 radical (unpaired) electrons. The fraction of sp³-hybridized carbons (Fsp3) is 0.333. The first-order valence-corrected chi connectivity index (χ1v) is 10.2. The predicted molar refractivity (Wildman–Crippen MR) is 114 cm³/mol. The zero-order chi connectivity index (χ0) is 22.0. The minimum atomic E-state index is -0.899. The van der Waals surface area contributed by atoms with Crippen LogP contribution >= 0.6 is 0 Å². The summed E-state index contributed by atoms with van der Waals surface area (Å²) in [6.07, 6.45) is 3.22. The van der Waals surface area contributed by atoms with Gasteiger partial charge < -0.3 is 19.3 Å². The van der Waals surface area contributed by atoms with Gasteiger partial charge >= 0.3 is 5.97 Å². The Hall–Kier alpha value is -3.32. The first-order chi connectivity index (χ1) is 15.0. The topological polar surface area (TPSA) is 85.3 Å². The molecule has 0 amide bonds. The molecule has 1 fully saturated rings. The van der Waals surface area contributed by atoms with Gasteiger partial charge in [-0.3, -0.25) is 14.5 Å². The van der Waals surface area contributed by atoms with Crippen LogP contribution < -0.4 is 14.2 Å². The maximum atomic E-state index is 12.5. The molecule has 2 aliphatic rings. The summed E-state index contributed by atoms with van der Waals surface area (Å²) in [5, 5.41) is 10.2. The number of likely N-dealkylation sites (tertiary alicyclic amines) is 1. The second-order valence-electron chi connectivity index (χ2n) is 7.70. The van der Waals surface area contributed by atoms with Gasteiger partial charge in [0.05, 0.1) is 19.6 Å². The third-order valence-electron chi connectivity index (χ3n) is 5.88. The number of carbonyl (C=O) groups excluding carboxylic acids is 1. The maximum Gasteiger partial charge on any atom is 0.309 e. The standard InChI is InChI=1S/C24H25NO6/c1-3-4-17(26)12-25-13-19(16-7-10-20-21(11-16)31-14-30-20)22(24(27)28)23(25)15-5-8-18(29-2)9-6-15/h3-11,19,22-23H,12-14H2,1-2H3,(H,27,28)/b4-3-. The number of methoxy groups -OCH3 is 1. The van der Waals surface area contributed by atoms with Crippen molar-refractivity contribution in [2.75, 3.05) is 27.0 Å². The number of hydrogen-bond donors (Lipinski definition) is 1. The number of aliphatic carboxylic acids is 1. The van der Waals surface area contributed by atoms with Gasteiger partial charge in [0.2, 0.25) is 6.79 Å². The third kappa shape index (κ3) is 4.14. The van der Waals surface area contributed by atoms with Gasteiger partial charge in [-0.1, -0.05) is 24.3 Å². The summed E-state index contributed by atoms with van der Waals surface area (Å²) in [5.74, 6) is -0.0327. The van der Waals surface area contributed by atoms with Gasteiger partial charge in [-0.2, -0.15) is 0 Å². The minimum Gasteiger partial charge on any atom is -0.497 e. The zero-order valence-corrected chi connectivity index (χ0v) is 17.5. The lowest BCUT2D eigenvalue weighted by molar-refractivity contribution is -0.143. The van der Waals surface area contributed by atoms with Crippen LogP contribution in [0, 0.1) is 5.92 Å². The van der Waals surface area contributed by atoms with Crippen LogP contribution in [0.1, 0.15) is 30.0 Å². The molecule has 2 heterocycles. The Morgan fingerprint density at radius 1 is 1.13 bits per heavy atom. The molecule has 0 saturated carbocycles. The molecule has 0 aromatic heterocycles. The van der Waals surface area contributed by atoms with Crippen LogP contribution in [0.3, 0.4) is 0 Å². The summed E-state index contributed by atoms with van der Waals surface area (Å²) in [7, 11) is 1.59. The Morgan fingerprint density at radius 2 is 1.84 bits per heavy atom. The van der Waals surface area contributed by atoms with Crippen molar-refractivity contribution in [3.05, 3.63) is 65.7 Å². The molecule has 0 bridgehead atoms. The molecule has 2 aromatic carbocycles. The van der Waals surface area contributed by atoms with E-state index in [1.165, 1.54) is 6.08 Å². The predicted octanol–water partition coefficient (Wildman–Crippen LogP) is 3.41. The number of nitrogens with zero attached hydrogens (tertiary/aromatic N) is 1. The molecule has 2 aliphatic heterocycles. The number of ketones is 1. The van der Waals surface area contributed by atoms with Crippen molar-refractivity contribution in [2.24, 2.45) is 5.92 Å². The Labute approximate surface area is 180 Å². The van der Waals surface area contributed by atoms with Crippen LogP contribution in [0.2, 0.25) is 0 Å². The van der Waals surface area contributed by atoms with Gasteiger partial charge in [0, 0.05) is 18.5 Å². The summed E-state index contributed by atoms with van der Waals surface area (Å²) >= 11 is 0. The van der Waals surface area contributed by atoms with Crippen LogP contribution in [0.4, 0.5) is 0 Å². The summed E-state index contributed by atoms with van der Waals surface area (Å²) in [6.45, 7) is 2.53. The highest BCUT2D eigenvalue weighted by Gasteiger charge is 2.47. The number of carboxylic acid groups (broad SMARTS) is 1. The van der Waals surface area contributed by atoms with E-state index in [1.54, 1.807) is 20.1 Å². The van der Waals surface area contributed by atoms with Gasteiger partial charge in [-0.05, 0) is 48.4 Å². The van der Waals surface area contributed by atoms with E-state index in [2.05, 4.69) is 0 Å². The SMILES string of the molecule is C/C=C\C(=O)CN1CC(c2ccc3c(c2)OCO3)C(C(=O)O)C1c1ccc(OC)cc1. The Kier molecular flexibility index (Phi) is 5.95. The van der Waals surface area contributed by atoms with Crippen LogP contribution in [-0.4, -0.2) is 48.8 Å². The number of carbonyl (C=O) groups is 2. The highest BCUT2D eigenvalue weighted by Crippen LogP contribution is 2.47. The highest BCUT2D eigenvalue weighted by atomic mass is 16.7. The number of hydrogen-bond acceptors (Lipinski definition) is 6. The van der Waals surface area contributed by atoms with Crippen LogP contribution in [0.5, 0.6) is 17.2 Å². The molecule has 7 nitrogen and oxygen atoms in total. The summed E-state index contributed by atoms with van der Waals surface area (Å²) in [4.78, 5) is 26.9. The van der Waals surface area contributed by atoms with Crippen molar-refractivity contribution in [1.29, 1.82) is 0 Å². The number of benzene rings is 2. The van der Waals surface area contributed by atoms with Crippen molar-refractivity contribution in [1.82, 2.24) is 4.90 Å². The molecule has 3 atom stereocenters. The molecule has 31 heavy (non-hydrogen) atoms. The number of ether oxygens (including phenoxy) is 3. The molecule has 4 rings (SSSR count). The van der Waals surface area contributed by atoms with Crippen molar-refractivity contribution in [2.45, 2.75) is 18.9 Å². The van der Waals surface area contributed by atoms with Gasteiger partial charge in [0.25, 0.3) is 0 Å². The molecule has 0 spiro atoms. The number of allylic oxidation sites excluding steroid dienone is 1. The van der Waals surface area contributed by atoms with Gasteiger partial charge in [-0.15, -0.1) is 0 Å². The monoisotopic (exact) mass is 423 g/mol. The lowest BCUT2D eigenvalue weighted by Crippen LogP contribution is -2.32. The van der Waals surface area contributed by atoms with Gasteiger partial charge in [0.1, 0.15) is 5.75 Å². The first kappa shape index (κ1) is 20.9. The average molecular weight is 423 g/mol. The third-order valence-corrected chi connectivity index (χ3v) is 5.88. The number of rotatable bonds is 7. The van der Waals surface area contributed by atoms with Crippen molar-refractivity contribution in [3.8, 4) is 17.2 Å². The van der Waals surface area contributed by atoms with Crippen LogP contribution in [0.15, 0.2) is 54.6 Å². The highest BCUT2D eigenvalue weighted by molar-refractivity contribution is 5.91. The zero-order valence-electron chi connectivity index (χ0n) is 17.5. The molecular formula is C24H25NO6. The van der Waals surface area contributed by atoms with Gasteiger partial charge in [0.15, 0.2) is 17.3 Å². The van der Waals surface area contributed by atoms with Crippen molar-refractivity contribution >= 4 is 11.8 Å². The smallest absolute Gasteiger partial charge is 0.309 e. The van der Waals surface area contributed by atoms with E-state index in [9.17, 15) is 14.7 Å². The first-order valence-electron chi connectivity index (χ1n) is 10.2. The Balaban J connectivity index is 1.73. The van der Waals surface area contributed by atoms with Crippen LogP contribution in [-0.2, 0) is 9.59 Å². The van der Waals surface area contributed by atoms with E-state index in [0.29, 0.717) is 23.8 Å². The molecule has 1 saturated heterocycles. The normalized spacial score (nSPS) is 22.7. The van der Waals surface area contributed by atoms with E-state index < -0.39 is 17.9 Å². The number of carboxylic acids is 1. The summed E-state index contributed by atoms with van der Waals surface area (Å²) < 4.78 is 16.1. The summed E-state index contributed by atoms with van der Waals surface area (Å²) in [6, 6.07) is 12.5. The average Bonchev–Trinajstić information content (AvgIpc) is 3.38. The summed E-state index contributed by atoms with van der Waals surface area (Å²) in [5.41, 5.74) is 1.70.